The molecule has 0 aromatic carbocycles. The van der Waals surface area contributed by atoms with Crippen LogP contribution in [0.15, 0.2) is 18.5 Å². The highest BCUT2D eigenvalue weighted by Crippen LogP contribution is 2.20. The van der Waals surface area contributed by atoms with Gasteiger partial charge in [-0.2, -0.15) is 5.10 Å². The van der Waals surface area contributed by atoms with Crippen LogP contribution in [0.5, 0.6) is 0 Å². The molecule has 3 heterocycles. The number of piperidine rings is 2. The zero-order chi connectivity index (χ0) is 16.1. The van der Waals surface area contributed by atoms with Crippen LogP contribution in [0.2, 0.25) is 0 Å². The predicted molar refractivity (Wildman–Crippen MR) is 90.1 cm³/mol. The van der Waals surface area contributed by atoms with Crippen LogP contribution in [0, 0.1) is 5.92 Å². The van der Waals surface area contributed by atoms with Crippen molar-refractivity contribution in [2.45, 2.75) is 38.3 Å². The molecule has 1 aromatic heterocycles. The number of likely N-dealkylation sites (tertiary alicyclic amines) is 1. The fourth-order valence-corrected chi connectivity index (χ4v) is 3.74. The molecule has 23 heavy (non-hydrogen) atoms. The Morgan fingerprint density at radius 1 is 1.30 bits per heavy atom. The number of nitrogens with one attached hydrogen (secondary N) is 1. The van der Waals surface area contributed by atoms with E-state index in [4.69, 9.17) is 0 Å². The standard InChI is InChI=1S/C17H29N5O/c1-20(17(23)15-4-2-7-18-14-15)16-5-10-21(11-6-16)12-13-22-9-3-8-19-22/h3,8-9,15-16,18H,2,4-7,10-14H2,1H3. The monoisotopic (exact) mass is 319 g/mol. The first-order valence-corrected chi connectivity index (χ1v) is 8.91. The lowest BCUT2D eigenvalue weighted by atomic mass is 9.96. The molecule has 2 aliphatic rings. The van der Waals surface area contributed by atoms with Crippen LogP contribution in [0.4, 0.5) is 0 Å². The average molecular weight is 319 g/mol. The van der Waals surface area contributed by atoms with E-state index in [0.29, 0.717) is 11.9 Å². The molecule has 1 amide bonds. The Hall–Kier alpha value is -1.40. The quantitative estimate of drug-likeness (QED) is 0.872. The summed E-state index contributed by atoms with van der Waals surface area (Å²) in [5, 5.41) is 7.60. The van der Waals surface area contributed by atoms with E-state index in [-0.39, 0.29) is 5.92 Å². The number of hydrogen-bond acceptors (Lipinski definition) is 4. The molecular formula is C17H29N5O. The van der Waals surface area contributed by atoms with Crippen LogP contribution >= 0.6 is 0 Å². The molecule has 128 valence electrons. The summed E-state index contributed by atoms with van der Waals surface area (Å²) in [5.74, 6) is 0.527. The van der Waals surface area contributed by atoms with E-state index in [1.165, 1.54) is 0 Å². The maximum Gasteiger partial charge on any atom is 0.226 e. The third kappa shape index (κ3) is 4.32. The summed E-state index contributed by atoms with van der Waals surface area (Å²) >= 11 is 0. The van der Waals surface area contributed by atoms with Gasteiger partial charge in [-0.15, -0.1) is 0 Å². The zero-order valence-electron chi connectivity index (χ0n) is 14.2. The molecule has 1 N–H and O–H groups in total. The summed E-state index contributed by atoms with van der Waals surface area (Å²) < 4.78 is 1.98. The molecule has 0 bridgehead atoms. The SMILES string of the molecule is CN(C(=O)C1CCCNC1)C1CCN(CCn2cccn2)CC1. The summed E-state index contributed by atoms with van der Waals surface area (Å²) in [5.41, 5.74) is 0. The number of nitrogens with zero attached hydrogens (tertiary/aromatic N) is 4. The molecule has 1 aromatic rings. The molecule has 1 atom stereocenters. The van der Waals surface area contributed by atoms with Crippen molar-refractivity contribution in [2.75, 3.05) is 39.8 Å². The van der Waals surface area contributed by atoms with Gasteiger partial charge in [0, 0.05) is 51.7 Å². The van der Waals surface area contributed by atoms with Gasteiger partial charge >= 0.3 is 0 Å². The Bertz CT molecular complexity index is 475. The van der Waals surface area contributed by atoms with E-state index < -0.39 is 0 Å². The lowest BCUT2D eigenvalue weighted by molar-refractivity contribution is -0.137. The minimum atomic E-state index is 0.187. The van der Waals surface area contributed by atoms with Crippen molar-refractivity contribution in [1.82, 2.24) is 24.9 Å². The first-order valence-electron chi connectivity index (χ1n) is 8.91. The highest BCUT2D eigenvalue weighted by Gasteiger charge is 2.30. The van der Waals surface area contributed by atoms with Gasteiger partial charge in [0.15, 0.2) is 0 Å². The number of rotatable bonds is 5. The van der Waals surface area contributed by atoms with E-state index in [9.17, 15) is 4.79 Å². The molecule has 2 saturated heterocycles. The second-order valence-electron chi connectivity index (χ2n) is 6.83. The van der Waals surface area contributed by atoms with Gasteiger partial charge in [-0.3, -0.25) is 9.48 Å². The molecule has 0 spiro atoms. The molecule has 6 heteroatoms. The van der Waals surface area contributed by atoms with Gasteiger partial charge in [0.25, 0.3) is 0 Å². The molecule has 0 aliphatic carbocycles. The van der Waals surface area contributed by atoms with Crippen molar-refractivity contribution in [3.8, 4) is 0 Å². The Morgan fingerprint density at radius 3 is 2.78 bits per heavy atom. The van der Waals surface area contributed by atoms with Gasteiger partial charge in [-0.1, -0.05) is 0 Å². The van der Waals surface area contributed by atoms with E-state index in [1.54, 1.807) is 0 Å². The summed E-state index contributed by atoms with van der Waals surface area (Å²) in [4.78, 5) is 17.1. The molecule has 0 saturated carbocycles. The van der Waals surface area contributed by atoms with Crippen molar-refractivity contribution in [3.63, 3.8) is 0 Å². The minimum absolute atomic E-state index is 0.187. The number of carbonyl (C=O) groups is 1. The van der Waals surface area contributed by atoms with Gasteiger partial charge < -0.3 is 15.1 Å². The van der Waals surface area contributed by atoms with Crippen molar-refractivity contribution in [2.24, 2.45) is 5.92 Å². The van der Waals surface area contributed by atoms with E-state index >= 15 is 0 Å². The van der Waals surface area contributed by atoms with Gasteiger partial charge in [0.1, 0.15) is 0 Å². The maximum absolute atomic E-state index is 12.6. The van der Waals surface area contributed by atoms with Crippen molar-refractivity contribution in [1.29, 1.82) is 0 Å². The third-order valence-corrected chi connectivity index (χ3v) is 5.30. The smallest absolute Gasteiger partial charge is 0.226 e. The highest BCUT2D eigenvalue weighted by molar-refractivity contribution is 5.79. The Balaban J connectivity index is 1.41. The van der Waals surface area contributed by atoms with E-state index in [1.807, 2.05) is 35.1 Å². The Morgan fingerprint density at radius 2 is 2.13 bits per heavy atom. The Kier molecular flexibility index (Phi) is 5.67. The summed E-state index contributed by atoms with van der Waals surface area (Å²) in [7, 11) is 2.00. The summed E-state index contributed by atoms with van der Waals surface area (Å²) in [6.45, 7) is 6.05. The first kappa shape index (κ1) is 16.5. The van der Waals surface area contributed by atoms with Crippen LogP contribution in [0.1, 0.15) is 25.7 Å². The first-order chi connectivity index (χ1) is 11.2. The van der Waals surface area contributed by atoms with Gasteiger partial charge in [0.05, 0.1) is 12.5 Å². The predicted octanol–water partition coefficient (Wildman–Crippen LogP) is 0.806. The molecule has 2 fully saturated rings. The largest absolute Gasteiger partial charge is 0.342 e. The topological polar surface area (TPSA) is 53.4 Å². The summed E-state index contributed by atoms with van der Waals surface area (Å²) in [6.07, 6.45) is 8.17. The van der Waals surface area contributed by atoms with Gasteiger partial charge in [-0.05, 0) is 38.3 Å². The van der Waals surface area contributed by atoms with Gasteiger partial charge in [0.2, 0.25) is 5.91 Å². The van der Waals surface area contributed by atoms with E-state index in [0.717, 1.165) is 65.0 Å². The average Bonchev–Trinajstić information content (AvgIpc) is 3.13. The number of carbonyl (C=O) groups excluding carboxylic acids is 1. The van der Waals surface area contributed by atoms with Crippen LogP contribution in [-0.2, 0) is 11.3 Å². The maximum atomic E-state index is 12.6. The van der Waals surface area contributed by atoms with E-state index in [2.05, 4.69) is 15.3 Å². The van der Waals surface area contributed by atoms with Crippen molar-refractivity contribution in [3.05, 3.63) is 18.5 Å². The lowest BCUT2D eigenvalue weighted by Crippen LogP contribution is -2.49. The van der Waals surface area contributed by atoms with Crippen molar-refractivity contribution >= 4 is 5.91 Å². The van der Waals surface area contributed by atoms with Gasteiger partial charge in [-0.25, -0.2) is 0 Å². The third-order valence-electron chi connectivity index (χ3n) is 5.30. The molecule has 0 radical (unpaired) electrons. The lowest BCUT2D eigenvalue weighted by Gasteiger charge is -2.38. The second kappa shape index (κ2) is 7.93. The molecule has 3 rings (SSSR count). The normalized spacial score (nSPS) is 23.8. The second-order valence-corrected chi connectivity index (χ2v) is 6.83. The molecular weight excluding hydrogens is 290 g/mol. The minimum Gasteiger partial charge on any atom is -0.342 e. The van der Waals surface area contributed by atoms with Crippen molar-refractivity contribution < 1.29 is 4.79 Å². The number of amides is 1. The summed E-state index contributed by atoms with van der Waals surface area (Å²) in [6, 6.07) is 2.37. The number of hydrogen-bond donors (Lipinski definition) is 1. The molecule has 6 nitrogen and oxygen atoms in total. The molecule has 2 aliphatic heterocycles. The van der Waals surface area contributed by atoms with Crippen LogP contribution in [-0.4, -0.2) is 71.3 Å². The molecule has 1 unspecified atom stereocenters. The fraction of sp³-hybridized carbons (Fsp3) is 0.765. The van der Waals surface area contributed by atoms with Crippen LogP contribution in [0.25, 0.3) is 0 Å². The van der Waals surface area contributed by atoms with Crippen LogP contribution < -0.4 is 5.32 Å². The Labute approximate surface area is 138 Å². The fourth-order valence-electron chi connectivity index (χ4n) is 3.74. The zero-order valence-corrected chi connectivity index (χ0v) is 14.2. The number of aromatic nitrogens is 2. The highest BCUT2D eigenvalue weighted by atomic mass is 16.2. The van der Waals surface area contributed by atoms with Crippen LogP contribution in [0.3, 0.4) is 0 Å².